The number of rotatable bonds is 7. The van der Waals surface area contributed by atoms with Crippen LogP contribution in [0.3, 0.4) is 0 Å². The van der Waals surface area contributed by atoms with Crippen LogP contribution in [0.1, 0.15) is 35.7 Å². The summed E-state index contributed by atoms with van der Waals surface area (Å²) < 4.78 is 11.8. The van der Waals surface area contributed by atoms with Crippen molar-refractivity contribution in [2.75, 3.05) is 19.7 Å². The molecule has 0 unspecified atom stereocenters. The maximum atomic E-state index is 11.1. The predicted molar refractivity (Wildman–Crippen MR) is 101 cm³/mol. The fourth-order valence-corrected chi connectivity index (χ4v) is 3.22. The fourth-order valence-electron chi connectivity index (χ4n) is 3.22. The van der Waals surface area contributed by atoms with Crippen molar-refractivity contribution >= 4 is 5.91 Å². The van der Waals surface area contributed by atoms with Gasteiger partial charge < -0.3 is 15.2 Å². The fraction of sp³-hybridized carbons (Fsp3) is 0.381. The predicted octanol–water partition coefficient (Wildman–Crippen LogP) is 3.23. The van der Waals surface area contributed by atoms with Gasteiger partial charge in [-0.15, -0.1) is 0 Å². The van der Waals surface area contributed by atoms with Crippen LogP contribution in [0.15, 0.2) is 48.5 Å². The molecule has 1 aliphatic heterocycles. The van der Waals surface area contributed by atoms with E-state index in [4.69, 9.17) is 15.2 Å². The van der Waals surface area contributed by atoms with Gasteiger partial charge in [0.2, 0.25) is 5.91 Å². The van der Waals surface area contributed by atoms with Crippen molar-refractivity contribution in [3.8, 4) is 11.5 Å². The van der Waals surface area contributed by atoms with Gasteiger partial charge in [0.1, 0.15) is 6.10 Å². The van der Waals surface area contributed by atoms with Gasteiger partial charge in [0.05, 0.1) is 6.61 Å². The molecule has 5 heteroatoms. The van der Waals surface area contributed by atoms with Crippen molar-refractivity contribution in [3.63, 3.8) is 0 Å². The molecule has 2 N–H and O–H groups in total. The number of primary amides is 1. The average molecular weight is 354 g/mol. The average Bonchev–Trinajstić information content (AvgIpc) is 2.65. The standard InChI is InChI=1S/C21H26N2O3/c1-2-25-19-5-3-4-6-20(19)26-18-11-13-23(14-12-18)15-16-7-9-17(10-8-16)21(22)24/h3-10,18H,2,11-15H2,1H3,(H2,22,24). The lowest BCUT2D eigenvalue weighted by Crippen LogP contribution is -2.37. The monoisotopic (exact) mass is 354 g/mol. The lowest BCUT2D eigenvalue weighted by Gasteiger charge is -2.32. The Morgan fingerprint density at radius 2 is 1.73 bits per heavy atom. The molecule has 138 valence electrons. The number of nitrogens with zero attached hydrogens (tertiary/aromatic N) is 1. The number of nitrogens with two attached hydrogens (primary N) is 1. The Morgan fingerprint density at radius 3 is 2.35 bits per heavy atom. The molecule has 1 saturated heterocycles. The molecule has 0 bridgehead atoms. The van der Waals surface area contributed by atoms with E-state index in [1.54, 1.807) is 12.1 Å². The van der Waals surface area contributed by atoms with Crippen LogP contribution in [0.25, 0.3) is 0 Å². The first-order chi connectivity index (χ1) is 12.7. The Morgan fingerprint density at radius 1 is 1.08 bits per heavy atom. The third-order valence-electron chi connectivity index (χ3n) is 4.62. The summed E-state index contributed by atoms with van der Waals surface area (Å²) in [5.74, 6) is 1.25. The van der Waals surface area contributed by atoms with E-state index in [9.17, 15) is 4.79 Å². The molecule has 0 aromatic heterocycles. The zero-order valence-electron chi connectivity index (χ0n) is 15.2. The number of piperidine rings is 1. The van der Waals surface area contributed by atoms with Crippen molar-refractivity contribution in [2.24, 2.45) is 5.73 Å². The smallest absolute Gasteiger partial charge is 0.248 e. The lowest BCUT2D eigenvalue weighted by atomic mass is 10.1. The molecule has 1 fully saturated rings. The summed E-state index contributed by atoms with van der Waals surface area (Å²) in [5, 5.41) is 0. The van der Waals surface area contributed by atoms with Crippen LogP contribution in [0, 0.1) is 0 Å². The van der Waals surface area contributed by atoms with E-state index in [1.165, 1.54) is 5.56 Å². The van der Waals surface area contributed by atoms with Crippen LogP contribution in [0.4, 0.5) is 0 Å². The van der Waals surface area contributed by atoms with Gasteiger partial charge in [0, 0.05) is 25.2 Å². The Bertz CT molecular complexity index is 722. The molecular formula is C21H26N2O3. The van der Waals surface area contributed by atoms with E-state index < -0.39 is 0 Å². The lowest BCUT2D eigenvalue weighted by molar-refractivity contribution is 0.0936. The number of amides is 1. The summed E-state index contributed by atoms with van der Waals surface area (Å²) in [6.45, 7) is 5.46. The second-order valence-electron chi connectivity index (χ2n) is 6.53. The van der Waals surface area contributed by atoms with E-state index in [1.807, 2.05) is 43.3 Å². The first kappa shape index (κ1) is 18.3. The highest BCUT2D eigenvalue weighted by atomic mass is 16.5. The number of ether oxygens (including phenoxy) is 2. The Hall–Kier alpha value is -2.53. The molecule has 0 saturated carbocycles. The van der Waals surface area contributed by atoms with Crippen LogP contribution >= 0.6 is 0 Å². The summed E-state index contributed by atoms with van der Waals surface area (Å²) in [6, 6.07) is 15.4. The van der Waals surface area contributed by atoms with E-state index in [0.29, 0.717) is 12.2 Å². The minimum Gasteiger partial charge on any atom is -0.490 e. The van der Waals surface area contributed by atoms with Crippen molar-refractivity contribution in [1.29, 1.82) is 0 Å². The molecule has 26 heavy (non-hydrogen) atoms. The quantitative estimate of drug-likeness (QED) is 0.829. The number of likely N-dealkylation sites (tertiary alicyclic amines) is 1. The third kappa shape index (κ3) is 4.76. The van der Waals surface area contributed by atoms with Gasteiger partial charge in [0.25, 0.3) is 0 Å². The normalized spacial score (nSPS) is 15.6. The summed E-state index contributed by atoms with van der Waals surface area (Å²) in [7, 11) is 0. The van der Waals surface area contributed by atoms with E-state index in [0.717, 1.165) is 44.0 Å². The highest BCUT2D eigenvalue weighted by Gasteiger charge is 2.21. The van der Waals surface area contributed by atoms with Crippen molar-refractivity contribution < 1.29 is 14.3 Å². The first-order valence-electron chi connectivity index (χ1n) is 9.15. The van der Waals surface area contributed by atoms with Crippen molar-refractivity contribution in [3.05, 3.63) is 59.7 Å². The molecule has 1 aliphatic rings. The van der Waals surface area contributed by atoms with Crippen LogP contribution in [0.2, 0.25) is 0 Å². The Balaban J connectivity index is 1.50. The largest absolute Gasteiger partial charge is 0.490 e. The molecule has 0 radical (unpaired) electrons. The molecule has 0 spiro atoms. The minimum atomic E-state index is -0.387. The summed E-state index contributed by atoms with van der Waals surface area (Å²) in [6.07, 6.45) is 2.18. The maximum Gasteiger partial charge on any atom is 0.248 e. The highest BCUT2D eigenvalue weighted by Crippen LogP contribution is 2.29. The molecule has 0 aliphatic carbocycles. The van der Waals surface area contributed by atoms with E-state index in [2.05, 4.69) is 4.90 Å². The number of hydrogen-bond donors (Lipinski definition) is 1. The summed E-state index contributed by atoms with van der Waals surface area (Å²) in [4.78, 5) is 13.6. The zero-order valence-corrected chi connectivity index (χ0v) is 15.2. The van der Waals surface area contributed by atoms with Crippen molar-refractivity contribution in [1.82, 2.24) is 4.90 Å². The number of benzene rings is 2. The molecule has 3 rings (SSSR count). The number of carbonyl (C=O) groups is 1. The zero-order chi connectivity index (χ0) is 18.4. The molecular weight excluding hydrogens is 328 g/mol. The van der Waals surface area contributed by atoms with E-state index >= 15 is 0 Å². The second kappa shape index (κ2) is 8.72. The molecule has 0 atom stereocenters. The SMILES string of the molecule is CCOc1ccccc1OC1CCN(Cc2ccc(C(N)=O)cc2)CC1. The van der Waals surface area contributed by atoms with Gasteiger partial charge in [-0.05, 0) is 49.6 Å². The van der Waals surface area contributed by atoms with Crippen LogP contribution < -0.4 is 15.2 Å². The van der Waals surface area contributed by atoms with Gasteiger partial charge in [-0.3, -0.25) is 9.69 Å². The summed E-state index contributed by atoms with van der Waals surface area (Å²) >= 11 is 0. The number of hydrogen-bond acceptors (Lipinski definition) is 4. The Kier molecular flexibility index (Phi) is 6.12. The van der Waals surface area contributed by atoms with E-state index in [-0.39, 0.29) is 12.0 Å². The first-order valence-corrected chi connectivity index (χ1v) is 9.15. The molecule has 1 heterocycles. The van der Waals surface area contributed by atoms with Crippen LogP contribution in [0.5, 0.6) is 11.5 Å². The highest BCUT2D eigenvalue weighted by molar-refractivity contribution is 5.92. The van der Waals surface area contributed by atoms with Gasteiger partial charge >= 0.3 is 0 Å². The van der Waals surface area contributed by atoms with Gasteiger partial charge in [-0.2, -0.15) is 0 Å². The summed E-state index contributed by atoms with van der Waals surface area (Å²) in [5.41, 5.74) is 7.02. The maximum absolute atomic E-state index is 11.1. The molecule has 5 nitrogen and oxygen atoms in total. The van der Waals surface area contributed by atoms with Gasteiger partial charge in [-0.25, -0.2) is 0 Å². The molecule has 2 aromatic rings. The second-order valence-corrected chi connectivity index (χ2v) is 6.53. The molecule has 1 amide bonds. The Labute approximate surface area is 154 Å². The third-order valence-corrected chi connectivity index (χ3v) is 4.62. The number of para-hydroxylation sites is 2. The van der Waals surface area contributed by atoms with Crippen LogP contribution in [-0.2, 0) is 6.54 Å². The minimum absolute atomic E-state index is 0.213. The molecule has 2 aromatic carbocycles. The number of carbonyl (C=O) groups excluding carboxylic acids is 1. The topological polar surface area (TPSA) is 64.8 Å². The van der Waals surface area contributed by atoms with Crippen molar-refractivity contribution in [2.45, 2.75) is 32.4 Å². The van der Waals surface area contributed by atoms with Crippen LogP contribution in [-0.4, -0.2) is 36.6 Å². The van der Waals surface area contributed by atoms with Gasteiger partial charge in [0.15, 0.2) is 11.5 Å². The van der Waals surface area contributed by atoms with Gasteiger partial charge in [-0.1, -0.05) is 24.3 Å².